The average molecular weight is 223 g/mol. The fourth-order valence-electron chi connectivity index (χ4n) is 1.26. The third kappa shape index (κ3) is 7.29. The Kier molecular flexibility index (Phi) is 7.13. The van der Waals surface area contributed by atoms with Crippen LogP contribution >= 0.6 is 0 Å². The van der Waals surface area contributed by atoms with Crippen molar-refractivity contribution in [1.82, 2.24) is 4.72 Å². The third-order valence-electron chi connectivity index (χ3n) is 1.92. The molecule has 14 heavy (non-hydrogen) atoms. The van der Waals surface area contributed by atoms with Gasteiger partial charge in [0.25, 0.3) is 0 Å². The van der Waals surface area contributed by atoms with Gasteiger partial charge in [0.1, 0.15) is 0 Å². The maximum atomic E-state index is 11.4. The van der Waals surface area contributed by atoms with E-state index in [0.29, 0.717) is 12.8 Å². The van der Waals surface area contributed by atoms with Crippen molar-refractivity contribution in [3.05, 3.63) is 0 Å². The Morgan fingerprint density at radius 1 is 1.36 bits per heavy atom. The van der Waals surface area contributed by atoms with E-state index in [2.05, 4.69) is 4.72 Å². The van der Waals surface area contributed by atoms with Gasteiger partial charge in [-0.25, -0.2) is 13.1 Å². The lowest BCUT2D eigenvalue weighted by molar-refractivity contribution is 0.287. The van der Waals surface area contributed by atoms with E-state index in [9.17, 15) is 8.42 Å². The molecule has 0 aliphatic heterocycles. The molecule has 0 rings (SSSR count). The number of unbranched alkanes of at least 4 members (excludes halogenated alkanes) is 1. The number of sulfonamides is 1. The van der Waals surface area contributed by atoms with Crippen molar-refractivity contribution < 1.29 is 13.5 Å². The monoisotopic (exact) mass is 223 g/mol. The largest absolute Gasteiger partial charge is 0.396 e. The van der Waals surface area contributed by atoms with Crippen molar-refractivity contribution >= 4 is 10.0 Å². The summed E-state index contributed by atoms with van der Waals surface area (Å²) in [7, 11) is -3.14. The van der Waals surface area contributed by atoms with Crippen LogP contribution in [0.2, 0.25) is 0 Å². The molecule has 0 radical (unpaired) electrons. The Hall–Kier alpha value is -0.130. The number of hydrogen-bond donors (Lipinski definition) is 2. The minimum Gasteiger partial charge on any atom is -0.396 e. The van der Waals surface area contributed by atoms with Gasteiger partial charge in [0.05, 0.1) is 5.75 Å². The van der Waals surface area contributed by atoms with Crippen LogP contribution in [0.4, 0.5) is 0 Å². The molecular formula is C9H21NO3S. The van der Waals surface area contributed by atoms with Crippen LogP contribution in [-0.2, 0) is 10.0 Å². The van der Waals surface area contributed by atoms with Crippen LogP contribution in [0.1, 0.15) is 39.5 Å². The summed E-state index contributed by atoms with van der Waals surface area (Å²) in [6.45, 7) is 3.95. The molecule has 0 saturated carbocycles. The van der Waals surface area contributed by atoms with Crippen LogP contribution in [0.25, 0.3) is 0 Å². The molecule has 0 aromatic rings. The molecule has 0 spiro atoms. The highest BCUT2D eigenvalue weighted by molar-refractivity contribution is 7.89. The predicted octanol–water partition coefficient (Wildman–Crippen LogP) is 0.867. The molecule has 1 unspecified atom stereocenters. The molecule has 0 amide bonds. The zero-order valence-electron chi connectivity index (χ0n) is 8.99. The summed E-state index contributed by atoms with van der Waals surface area (Å²) in [4.78, 5) is 0. The summed E-state index contributed by atoms with van der Waals surface area (Å²) in [5.74, 6) is 0.113. The maximum Gasteiger partial charge on any atom is 0.211 e. The second-order valence-electron chi connectivity index (χ2n) is 3.56. The van der Waals surface area contributed by atoms with E-state index in [1.54, 1.807) is 0 Å². The van der Waals surface area contributed by atoms with Gasteiger partial charge in [0.2, 0.25) is 10.0 Å². The van der Waals surface area contributed by atoms with Crippen molar-refractivity contribution in [1.29, 1.82) is 0 Å². The fraction of sp³-hybridized carbons (Fsp3) is 1.00. The number of aliphatic hydroxyl groups is 1. The summed E-state index contributed by atoms with van der Waals surface area (Å²) < 4.78 is 25.4. The summed E-state index contributed by atoms with van der Waals surface area (Å²) in [6.07, 6.45) is 2.90. The standard InChI is InChI=1S/C9H21NO3S/c1-3-6-9(2)10-14(12,13)8-5-4-7-11/h9-11H,3-8H2,1-2H3. The minimum atomic E-state index is -3.14. The number of nitrogens with one attached hydrogen (secondary N) is 1. The van der Waals surface area contributed by atoms with Crippen LogP contribution in [0, 0.1) is 0 Å². The van der Waals surface area contributed by atoms with E-state index < -0.39 is 10.0 Å². The molecular weight excluding hydrogens is 202 g/mol. The molecule has 0 aromatic carbocycles. The Labute approximate surface area is 86.8 Å². The number of hydrogen-bond acceptors (Lipinski definition) is 3. The summed E-state index contributed by atoms with van der Waals surface area (Å²) >= 11 is 0. The van der Waals surface area contributed by atoms with Gasteiger partial charge in [-0.05, 0) is 26.2 Å². The Morgan fingerprint density at radius 2 is 2.00 bits per heavy atom. The lowest BCUT2D eigenvalue weighted by Gasteiger charge is -2.12. The molecule has 1 atom stereocenters. The Bertz CT molecular complexity index is 226. The summed E-state index contributed by atoms with van der Waals surface area (Å²) in [5.41, 5.74) is 0. The fourth-order valence-corrected chi connectivity index (χ4v) is 2.69. The lowest BCUT2D eigenvalue weighted by atomic mass is 10.2. The highest BCUT2D eigenvalue weighted by atomic mass is 32.2. The third-order valence-corrected chi connectivity index (χ3v) is 3.51. The van der Waals surface area contributed by atoms with Crippen molar-refractivity contribution in [2.24, 2.45) is 0 Å². The minimum absolute atomic E-state index is 0.0131. The van der Waals surface area contributed by atoms with Gasteiger partial charge in [0, 0.05) is 12.6 Å². The number of rotatable bonds is 8. The van der Waals surface area contributed by atoms with Gasteiger partial charge >= 0.3 is 0 Å². The first-order chi connectivity index (χ1) is 6.52. The molecule has 0 heterocycles. The van der Waals surface area contributed by atoms with Crippen molar-refractivity contribution in [2.75, 3.05) is 12.4 Å². The molecule has 86 valence electrons. The lowest BCUT2D eigenvalue weighted by Crippen LogP contribution is -2.34. The first kappa shape index (κ1) is 13.9. The number of aliphatic hydroxyl groups excluding tert-OH is 1. The molecule has 0 aromatic heterocycles. The predicted molar refractivity (Wildman–Crippen MR) is 57.6 cm³/mol. The van der Waals surface area contributed by atoms with Crippen LogP contribution in [0.3, 0.4) is 0 Å². The van der Waals surface area contributed by atoms with Crippen LogP contribution in [0.5, 0.6) is 0 Å². The van der Waals surface area contributed by atoms with Crippen LogP contribution in [-0.4, -0.2) is 31.9 Å². The van der Waals surface area contributed by atoms with Gasteiger partial charge in [-0.2, -0.15) is 0 Å². The Balaban J connectivity index is 3.82. The SMILES string of the molecule is CCCC(C)NS(=O)(=O)CCCCO. The van der Waals surface area contributed by atoms with Gasteiger partial charge in [-0.1, -0.05) is 13.3 Å². The highest BCUT2D eigenvalue weighted by Crippen LogP contribution is 2.00. The van der Waals surface area contributed by atoms with Gasteiger partial charge in [-0.3, -0.25) is 0 Å². The summed E-state index contributed by atoms with van der Waals surface area (Å²) in [6, 6.07) is 0.0131. The molecule has 2 N–H and O–H groups in total. The second kappa shape index (κ2) is 7.20. The molecule has 0 saturated heterocycles. The van der Waals surface area contributed by atoms with E-state index >= 15 is 0 Å². The van der Waals surface area contributed by atoms with Crippen molar-refractivity contribution in [3.8, 4) is 0 Å². The van der Waals surface area contributed by atoms with E-state index in [4.69, 9.17) is 5.11 Å². The van der Waals surface area contributed by atoms with Gasteiger partial charge in [-0.15, -0.1) is 0 Å². The van der Waals surface area contributed by atoms with Crippen molar-refractivity contribution in [2.45, 2.75) is 45.6 Å². The van der Waals surface area contributed by atoms with E-state index in [0.717, 1.165) is 12.8 Å². The Morgan fingerprint density at radius 3 is 2.50 bits per heavy atom. The smallest absolute Gasteiger partial charge is 0.211 e. The van der Waals surface area contributed by atoms with E-state index in [1.165, 1.54) is 0 Å². The van der Waals surface area contributed by atoms with Crippen molar-refractivity contribution in [3.63, 3.8) is 0 Å². The average Bonchev–Trinajstić information content (AvgIpc) is 2.03. The molecule has 5 heteroatoms. The highest BCUT2D eigenvalue weighted by Gasteiger charge is 2.12. The molecule has 4 nitrogen and oxygen atoms in total. The first-order valence-corrected chi connectivity index (χ1v) is 6.78. The first-order valence-electron chi connectivity index (χ1n) is 5.12. The summed E-state index contributed by atoms with van der Waals surface area (Å²) in [5, 5.41) is 8.51. The maximum absolute atomic E-state index is 11.4. The zero-order valence-corrected chi connectivity index (χ0v) is 9.81. The normalized spacial score (nSPS) is 14.2. The molecule has 0 bridgehead atoms. The zero-order chi connectivity index (χ0) is 11.0. The second-order valence-corrected chi connectivity index (χ2v) is 5.43. The van der Waals surface area contributed by atoms with Crippen LogP contribution in [0.15, 0.2) is 0 Å². The molecule has 0 fully saturated rings. The topological polar surface area (TPSA) is 66.4 Å². The van der Waals surface area contributed by atoms with Gasteiger partial charge in [0.15, 0.2) is 0 Å². The van der Waals surface area contributed by atoms with E-state index in [1.807, 2.05) is 13.8 Å². The van der Waals surface area contributed by atoms with E-state index in [-0.39, 0.29) is 18.4 Å². The molecule has 0 aliphatic rings. The van der Waals surface area contributed by atoms with Crippen LogP contribution < -0.4 is 4.72 Å². The van der Waals surface area contributed by atoms with Gasteiger partial charge < -0.3 is 5.11 Å². The molecule has 0 aliphatic carbocycles. The quantitative estimate of drug-likeness (QED) is 0.600.